The molecule has 2 unspecified atom stereocenters. The van der Waals surface area contributed by atoms with Crippen LogP contribution >= 0.6 is 0 Å². The fourth-order valence-electron chi connectivity index (χ4n) is 4.44. The lowest BCUT2D eigenvalue weighted by Crippen LogP contribution is -2.53. The lowest BCUT2D eigenvalue weighted by Gasteiger charge is -2.34. The van der Waals surface area contributed by atoms with E-state index in [0.717, 1.165) is 25.7 Å². The van der Waals surface area contributed by atoms with Crippen molar-refractivity contribution in [2.24, 2.45) is 11.7 Å². The van der Waals surface area contributed by atoms with Gasteiger partial charge in [0, 0.05) is 6.04 Å². The zero-order valence-electron chi connectivity index (χ0n) is 15.8. The number of amides is 2. The van der Waals surface area contributed by atoms with E-state index in [1.807, 2.05) is 13.0 Å². The maximum atomic E-state index is 14.6. The van der Waals surface area contributed by atoms with Crippen LogP contribution in [0.15, 0.2) is 48.5 Å². The highest BCUT2D eigenvalue weighted by Gasteiger charge is 2.42. The molecule has 2 N–H and O–H groups in total. The second-order valence-electron chi connectivity index (χ2n) is 7.58. The molecular weight excluding hydrogens is 357 g/mol. The molecule has 1 aliphatic carbocycles. The summed E-state index contributed by atoms with van der Waals surface area (Å²) < 4.78 is 14.6. The number of nitrogens with zero attached hydrogens (tertiary/aromatic N) is 2. The van der Waals surface area contributed by atoms with Gasteiger partial charge < -0.3 is 10.6 Å². The van der Waals surface area contributed by atoms with Crippen LogP contribution < -0.4 is 15.5 Å². The van der Waals surface area contributed by atoms with Crippen LogP contribution in [0.5, 0.6) is 0 Å². The maximum Gasteiger partial charge on any atom is 0.258 e. The monoisotopic (exact) mass is 381 g/mol. The summed E-state index contributed by atoms with van der Waals surface area (Å²) in [6, 6.07) is 11.7. The summed E-state index contributed by atoms with van der Waals surface area (Å²) in [5.74, 6) is -1.23. The van der Waals surface area contributed by atoms with Gasteiger partial charge in [-0.05, 0) is 49.9 Å². The first kappa shape index (κ1) is 18.6. The Morgan fingerprint density at radius 1 is 0.929 bits per heavy atom. The Morgan fingerprint density at radius 2 is 1.50 bits per heavy atom. The van der Waals surface area contributed by atoms with E-state index in [1.54, 1.807) is 35.2 Å². The van der Waals surface area contributed by atoms with Crippen LogP contribution in [0.4, 0.5) is 21.5 Å². The van der Waals surface area contributed by atoms with E-state index in [9.17, 15) is 14.0 Å². The fourth-order valence-corrected chi connectivity index (χ4v) is 4.44. The van der Waals surface area contributed by atoms with Gasteiger partial charge in [0.25, 0.3) is 11.8 Å². The van der Waals surface area contributed by atoms with Crippen LogP contribution in [0, 0.1) is 11.7 Å². The van der Waals surface area contributed by atoms with Crippen LogP contribution in [0.2, 0.25) is 0 Å². The highest BCUT2D eigenvalue weighted by Crippen LogP contribution is 2.41. The van der Waals surface area contributed by atoms with Crippen molar-refractivity contribution >= 4 is 28.9 Å². The molecule has 2 aromatic rings. The van der Waals surface area contributed by atoms with E-state index in [-0.39, 0.29) is 11.7 Å². The van der Waals surface area contributed by atoms with Gasteiger partial charge in [-0.15, -0.1) is 0 Å². The molecule has 2 aromatic carbocycles. The van der Waals surface area contributed by atoms with Crippen LogP contribution in [0.25, 0.3) is 0 Å². The van der Waals surface area contributed by atoms with Crippen molar-refractivity contribution < 1.29 is 14.0 Å². The molecule has 6 heteroatoms. The number of hydrogen-bond acceptors (Lipinski definition) is 3. The molecule has 2 atom stereocenters. The molecule has 1 saturated carbocycles. The summed E-state index contributed by atoms with van der Waals surface area (Å²) in [7, 11) is 0. The van der Waals surface area contributed by atoms with Gasteiger partial charge in [-0.2, -0.15) is 0 Å². The quantitative estimate of drug-likeness (QED) is 0.824. The van der Waals surface area contributed by atoms with Crippen molar-refractivity contribution in [3.8, 4) is 0 Å². The van der Waals surface area contributed by atoms with Crippen LogP contribution in [0.3, 0.4) is 0 Å². The number of nitrogens with two attached hydrogens (primary N) is 1. The van der Waals surface area contributed by atoms with Gasteiger partial charge in [0.15, 0.2) is 6.04 Å². The molecular formula is C22H24FN3O2. The van der Waals surface area contributed by atoms with Gasteiger partial charge in [-0.25, -0.2) is 4.39 Å². The van der Waals surface area contributed by atoms with Crippen molar-refractivity contribution in [1.82, 2.24) is 0 Å². The van der Waals surface area contributed by atoms with Gasteiger partial charge in [0.1, 0.15) is 5.82 Å². The number of carbonyl (C=O) groups is 2. The van der Waals surface area contributed by atoms with Crippen molar-refractivity contribution in [3.05, 3.63) is 54.3 Å². The molecule has 2 amide bonds. The molecule has 1 fully saturated rings. The Hall–Kier alpha value is -2.73. The summed E-state index contributed by atoms with van der Waals surface area (Å²) in [4.78, 5) is 29.3. The molecule has 1 heterocycles. The van der Waals surface area contributed by atoms with Crippen molar-refractivity contribution in [2.45, 2.75) is 44.7 Å². The highest BCUT2D eigenvalue weighted by atomic mass is 19.1. The number of hydrogen-bond donors (Lipinski definition) is 1. The Balaban J connectivity index is 1.88. The first-order valence-corrected chi connectivity index (χ1v) is 9.77. The molecule has 0 bridgehead atoms. The van der Waals surface area contributed by atoms with Crippen molar-refractivity contribution in [1.29, 1.82) is 0 Å². The second-order valence-corrected chi connectivity index (χ2v) is 7.58. The van der Waals surface area contributed by atoms with Gasteiger partial charge in [-0.1, -0.05) is 37.1 Å². The van der Waals surface area contributed by atoms with Gasteiger partial charge >= 0.3 is 0 Å². The molecule has 146 valence electrons. The van der Waals surface area contributed by atoms with Crippen molar-refractivity contribution in [2.75, 3.05) is 9.80 Å². The summed E-state index contributed by atoms with van der Waals surface area (Å²) in [6.45, 7) is 2.01. The summed E-state index contributed by atoms with van der Waals surface area (Å²) in [6.07, 6.45) is 4.39. The number of carbonyl (C=O) groups excluding carboxylic acids is 2. The highest BCUT2D eigenvalue weighted by molar-refractivity contribution is 6.22. The van der Waals surface area contributed by atoms with Crippen LogP contribution in [0.1, 0.15) is 32.6 Å². The minimum absolute atomic E-state index is 0.0874. The minimum Gasteiger partial charge on any atom is -0.312 e. The SMILES string of the molecule is CC(C1CCCC1)N1C(=O)C(N)C(=O)N(c2ccccc2F)c2ccccc21. The molecule has 0 spiro atoms. The molecule has 0 aromatic heterocycles. The Morgan fingerprint density at radius 3 is 2.14 bits per heavy atom. The van der Waals surface area contributed by atoms with E-state index in [4.69, 9.17) is 5.73 Å². The Kier molecular flexibility index (Phi) is 4.89. The lowest BCUT2D eigenvalue weighted by molar-refractivity contribution is -0.128. The number of halogens is 1. The number of rotatable bonds is 3. The molecule has 4 rings (SSSR count). The average Bonchev–Trinajstić information content (AvgIpc) is 3.22. The van der Waals surface area contributed by atoms with E-state index in [2.05, 4.69) is 0 Å². The first-order valence-electron chi connectivity index (χ1n) is 9.77. The van der Waals surface area contributed by atoms with E-state index in [1.165, 1.54) is 17.0 Å². The third-order valence-electron chi connectivity index (χ3n) is 5.95. The van der Waals surface area contributed by atoms with Gasteiger partial charge in [0.2, 0.25) is 0 Å². The number of fused-ring (bicyclic) bond motifs is 1. The normalized spacial score (nSPS) is 21.6. The van der Waals surface area contributed by atoms with Crippen LogP contribution in [-0.2, 0) is 9.59 Å². The standard InChI is InChI=1S/C22H24FN3O2/c1-14(15-8-2-3-9-15)25-18-12-6-7-13-19(18)26(22(28)20(24)21(25)27)17-11-5-4-10-16(17)23/h4-7,10-15,20H,2-3,8-9,24H2,1H3. The fraction of sp³-hybridized carbons (Fsp3) is 0.364. The number of benzene rings is 2. The van der Waals surface area contributed by atoms with Crippen LogP contribution in [-0.4, -0.2) is 23.9 Å². The molecule has 1 aliphatic heterocycles. The molecule has 28 heavy (non-hydrogen) atoms. The largest absolute Gasteiger partial charge is 0.312 e. The zero-order valence-corrected chi connectivity index (χ0v) is 15.8. The van der Waals surface area contributed by atoms with Crippen molar-refractivity contribution in [3.63, 3.8) is 0 Å². The second kappa shape index (κ2) is 7.36. The van der Waals surface area contributed by atoms with E-state index in [0.29, 0.717) is 17.3 Å². The third kappa shape index (κ3) is 2.98. The molecule has 2 aliphatic rings. The summed E-state index contributed by atoms with van der Waals surface area (Å²) in [5, 5.41) is 0. The summed E-state index contributed by atoms with van der Waals surface area (Å²) in [5.41, 5.74) is 7.27. The first-order chi connectivity index (χ1) is 13.5. The lowest BCUT2D eigenvalue weighted by atomic mass is 9.97. The Bertz CT molecular complexity index is 910. The van der Waals surface area contributed by atoms with E-state index >= 15 is 0 Å². The molecule has 0 saturated heterocycles. The average molecular weight is 381 g/mol. The van der Waals surface area contributed by atoms with E-state index < -0.39 is 23.7 Å². The topological polar surface area (TPSA) is 66.6 Å². The number of anilines is 3. The number of para-hydroxylation sites is 3. The smallest absolute Gasteiger partial charge is 0.258 e. The Labute approximate surface area is 163 Å². The zero-order chi connectivity index (χ0) is 19.8. The van der Waals surface area contributed by atoms with Gasteiger partial charge in [-0.3, -0.25) is 14.5 Å². The minimum atomic E-state index is -1.38. The molecule has 5 nitrogen and oxygen atoms in total. The predicted octanol–water partition coefficient (Wildman–Crippen LogP) is 3.74. The molecule has 0 radical (unpaired) electrons. The maximum absolute atomic E-state index is 14.6. The third-order valence-corrected chi connectivity index (χ3v) is 5.95. The predicted molar refractivity (Wildman–Crippen MR) is 107 cm³/mol. The summed E-state index contributed by atoms with van der Waals surface area (Å²) >= 11 is 0. The van der Waals surface area contributed by atoms with Gasteiger partial charge in [0.05, 0.1) is 17.1 Å².